The molecule has 0 aromatic carbocycles. The minimum absolute atomic E-state index is 0.177. The predicted octanol–water partition coefficient (Wildman–Crippen LogP) is 5.83. The molecular weight excluding hydrogens is 358 g/mol. The van der Waals surface area contributed by atoms with Crippen LogP contribution in [0.5, 0.6) is 0 Å². The van der Waals surface area contributed by atoms with Crippen LogP contribution in [0.15, 0.2) is 11.6 Å². The molecule has 1 N–H and O–H groups in total. The van der Waals surface area contributed by atoms with Crippen molar-refractivity contribution in [3.63, 3.8) is 0 Å². The van der Waals surface area contributed by atoms with Crippen molar-refractivity contribution in [1.82, 2.24) is 5.32 Å². The molecule has 4 aliphatic carbocycles. The van der Waals surface area contributed by atoms with Crippen molar-refractivity contribution in [2.75, 3.05) is 6.54 Å². The quantitative estimate of drug-likeness (QED) is 0.571. The molecule has 0 saturated heterocycles. The van der Waals surface area contributed by atoms with Gasteiger partial charge in [0.05, 0.1) is 0 Å². The largest absolute Gasteiger partial charge is 0.356 e. The third-order valence-corrected chi connectivity index (χ3v) is 9.61. The van der Waals surface area contributed by atoms with Crippen LogP contribution in [-0.4, -0.2) is 18.2 Å². The third-order valence-electron chi connectivity index (χ3n) is 9.61. The zero-order chi connectivity index (χ0) is 20.6. The minimum Gasteiger partial charge on any atom is -0.356 e. The molecular formula is C26H41NO2. The Balaban J connectivity index is 1.44. The molecule has 3 fully saturated rings. The average molecular weight is 400 g/mol. The van der Waals surface area contributed by atoms with Crippen LogP contribution in [0.4, 0.5) is 0 Å². The summed E-state index contributed by atoms with van der Waals surface area (Å²) < 4.78 is 0. The van der Waals surface area contributed by atoms with Gasteiger partial charge in [-0.25, -0.2) is 0 Å². The van der Waals surface area contributed by atoms with Gasteiger partial charge in [0.1, 0.15) is 0 Å². The highest BCUT2D eigenvalue weighted by Crippen LogP contribution is 2.66. The highest BCUT2D eigenvalue weighted by atomic mass is 16.2. The van der Waals surface area contributed by atoms with Gasteiger partial charge in [-0.2, -0.15) is 0 Å². The lowest BCUT2D eigenvalue weighted by molar-refractivity contribution is -0.132. The average Bonchev–Trinajstić information content (AvgIpc) is 3.05. The second kappa shape index (κ2) is 8.19. The molecule has 1 amide bonds. The van der Waals surface area contributed by atoms with Gasteiger partial charge >= 0.3 is 0 Å². The van der Waals surface area contributed by atoms with E-state index in [2.05, 4.69) is 26.1 Å². The molecule has 3 saturated carbocycles. The summed E-state index contributed by atoms with van der Waals surface area (Å²) in [5.74, 6) is 3.02. The molecule has 3 heteroatoms. The molecule has 0 radical (unpaired) electrons. The van der Waals surface area contributed by atoms with Crippen LogP contribution in [-0.2, 0) is 9.59 Å². The maximum atomic E-state index is 13.1. The predicted molar refractivity (Wildman–Crippen MR) is 117 cm³/mol. The molecule has 0 spiro atoms. The monoisotopic (exact) mass is 399 g/mol. The minimum atomic E-state index is 0.177. The van der Waals surface area contributed by atoms with Crippen molar-refractivity contribution >= 4 is 11.7 Å². The third kappa shape index (κ3) is 3.61. The van der Waals surface area contributed by atoms with Crippen LogP contribution >= 0.6 is 0 Å². The van der Waals surface area contributed by atoms with Crippen molar-refractivity contribution in [1.29, 1.82) is 0 Å². The summed E-state index contributed by atoms with van der Waals surface area (Å²) >= 11 is 0. The number of unbranched alkanes of at least 4 members (excludes halogenated alkanes) is 3. The van der Waals surface area contributed by atoms with Crippen molar-refractivity contribution in [2.24, 2.45) is 34.5 Å². The van der Waals surface area contributed by atoms with Crippen molar-refractivity contribution in [3.8, 4) is 0 Å². The van der Waals surface area contributed by atoms with Crippen LogP contribution in [0.25, 0.3) is 0 Å². The van der Waals surface area contributed by atoms with Crippen LogP contribution in [0.1, 0.15) is 97.8 Å². The van der Waals surface area contributed by atoms with E-state index < -0.39 is 0 Å². The molecule has 3 unspecified atom stereocenters. The van der Waals surface area contributed by atoms with Crippen molar-refractivity contribution in [3.05, 3.63) is 11.6 Å². The zero-order valence-electron chi connectivity index (χ0n) is 18.9. The second-order valence-electron chi connectivity index (χ2n) is 11.0. The van der Waals surface area contributed by atoms with Gasteiger partial charge in [-0.1, -0.05) is 45.6 Å². The van der Waals surface area contributed by atoms with Gasteiger partial charge in [-0.3, -0.25) is 9.59 Å². The summed E-state index contributed by atoms with van der Waals surface area (Å²) in [7, 11) is 0. The summed E-state index contributed by atoms with van der Waals surface area (Å²) in [6.07, 6.45) is 15.7. The van der Waals surface area contributed by atoms with Crippen LogP contribution in [0.3, 0.4) is 0 Å². The van der Waals surface area contributed by atoms with E-state index in [1.165, 1.54) is 50.5 Å². The maximum Gasteiger partial charge on any atom is 0.223 e. The van der Waals surface area contributed by atoms with Gasteiger partial charge in [0.25, 0.3) is 0 Å². The van der Waals surface area contributed by atoms with Gasteiger partial charge in [-0.05, 0) is 86.0 Å². The Labute approximate surface area is 177 Å². The van der Waals surface area contributed by atoms with E-state index in [9.17, 15) is 9.59 Å². The molecule has 3 nitrogen and oxygen atoms in total. The van der Waals surface area contributed by atoms with E-state index in [0.717, 1.165) is 44.6 Å². The number of ketones is 1. The van der Waals surface area contributed by atoms with E-state index in [0.29, 0.717) is 23.5 Å². The number of hydrogen-bond acceptors (Lipinski definition) is 2. The summed E-state index contributed by atoms with van der Waals surface area (Å²) in [5, 5.41) is 3.29. The molecule has 162 valence electrons. The van der Waals surface area contributed by atoms with Crippen molar-refractivity contribution < 1.29 is 9.59 Å². The molecule has 4 aliphatic rings. The van der Waals surface area contributed by atoms with Crippen LogP contribution < -0.4 is 5.32 Å². The molecule has 0 aliphatic heterocycles. The lowest BCUT2D eigenvalue weighted by atomic mass is 9.47. The summed E-state index contributed by atoms with van der Waals surface area (Å²) in [4.78, 5) is 25.1. The first-order valence-corrected chi connectivity index (χ1v) is 12.4. The van der Waals surface area contributed by atoms with E-state index in [1.807, 2.05) is 6.08 Å². The Hall–Kier alpha value is -1.12. The van der Waals surface area contributed by atoms with Crippen molar-refractivity contribution in [2.45, 2.75) is 97.8 Å². The van der Waals surface area contributed by atoms with E-state index in [4.69, 9.17) is 0 Å². The Morgan fingerprint density at radius 2 is 1.86 bits per heavy atom. The smallest absolute Gasteiger partial charge is 0.223 e. The molecule has 0 aromatic heterocycles. The number of carbonyl (C=O) groups is 2. The number of amides is 1. The lowest BCUT2D eigenvalue weighted by Gasteiger charge is -2.58. The molecule has 6 atom stereocenters. The Morgan fingerprint density at radius 1 is 1.03 bits per heavy atom. The fraction of sp³-hybridized carbons (Fsp3) is 0.846. The fourth-order valence-electron chi connectivity index (χ4n) is 7.88. The SMILES string of the molecule is CCCCCCNC(=O)[C@H]1CCC2C3CCC4=CC(=O)CC[C@]4(C)C3CC[C@@]21C. The first kappa shape index (κ1) is 21.1. The number of carbonyl (C=O) groups excluding carboxylic acids is 2. The molecule has 0 aromatic rings. The number of fused-ring (bicyclic) bond motifs is 5. The van der Waals surface area contributed by atoms with E-state index >= 15 is 0 Å². The second-order valence-corrected chi connectivity index (χ2v) is 11.0. The number of allylic oxidation sites excluding steroid dienone is 1. The highest BCUT2D eigenvalue weighted by Gasteiger charge is 2.60. The standard InChI is InChI=1S/C26H41NO2/c1-4-5-6-7-16-27-24(29)23-11-10-21-20-9-8-18-17-19(28)12-14-25(18,2)22(20)13-15-26(21,23)3/h17,20-23H,4-16H2,1-3H3,(H,27,29)/t20?,21?,22?,23-,25+,26+/m1/s1. The number of rotatable bonds is 6. The Morgan fingerprint density at radius 3 is 2.66 bits per heavy atom. The first-order chi connectivity index (χ1) is 13.9. The van der Waals surface area contributed by atoms with E-state index in [-0.39, 0.29) is 16.7 Å². The Bertz CT molecular complexity index is 682. The number of hydrogen-bond donors (Lipinski definition) is 1. The molecule has 0 bridgehead atoms. The van der Waals surface area contributed by atoms with Gasteiger partial charge in [-0.15, -0.1) is 0 Å². The maximum absolute atomic E-state index is 13.1. The van der Waals surface area contributed by atoms with Gasteiger partial charge in [0, 0.05) is 18.9 Å². The van der Waals surface area contributed by atoms with Crippen LogP contribution in [0.2, 0.25) is 0 Å². The summed E-state index contributed by atoms with van der Waals surface area (Å²) in [6.45, 7) is 7.95. The van der Waals surface area contributed by atoms with Crippen LogP contribution in [0, 0.1) is 34.5 Å². The molecule has 4 rings (SSSR count). The highest BCUT2D eigenvalue weighted by molar-refractivity contribution is 5.91. The van der Waals surface area contributed by atoms with Gasteiger partial charge in [0.15, 0.2) is 5.78 Å². The normalized spacial score (nSPS) is 41.2. The Kier molecular flexibility index (Phi) is 5.97. The summed E-state index contributed by atoms with van der Waals surface area (Å²) in [6, 6.07) is 0. The van der Waals surface area contributed by atoms with Gasteiger partial charge in [0.2, 0.25) is 5.91 Å². The number of nitrogens with one attached hydrogen (secondary N) is 1. The lowest BCUT2D eigenvalue weighted by Crippen LogP contribution is -2.52. The topological polar surface area (TPSA) is 46.2 Å². The summed E-state index contributed by atoms with van der Waals surface area (Å²) in [5.41, 5.74) is 1.85. The fourth-order valence-corrected chi connectivity index (χ4v) is 7.88. The molecule has 0 heterocycles. The van der Waals surface area contributed by atoms with Gasteiger partial charge < -0.3 is 5.32 Å². The first-order valence-electron chi connectivity index (χ1n) is 12.4. The molecule has 29 heavy (non-hydrogen) atoms. The van der Waals surface area contributed by atoms with E-state index in [1.54, 1.807) is 0 Å². The zero-order valence-corrected chi connectivity index (χ0v) is 18.9.